The van der Waals surface area contributed by atoms with Crippen molar-refractivity contribution in [2.45, 2.75) is 51.6 Å². The minimum absolute atomic E-state index is 0.0999. The molecule has 0 unspecified atom stereocenters. The second kappa shape index (κ2) is 7.62. The van der Waals surface area contributed by atoms with Crippen LogP contribution < -0.4 is 15.5 Å². The van der Waals surface area contributed by atoms with Gasteiger partial charge >= 0.3 is 0 Å². The third-order valence-corrected chi connectivity index (χ3v) is 5.58. The average molecular weight is 352 g/mol. The first-order chi connectivity index (χ1) is 12.7. The quantitative estimate of drug-likeness (QED) is 0.888. The van der Waals surface area contributed by atoms with Crippen LogP contribution in [-0.4, -0.2) is 36.6 Å². The fraction of sp³-hybridized carbons (Fsp3) is 0.524. The van der Waals surface area contributed by atoms with Crippen molar-refractivity contribution in [2.75, 3.05) is 24.5 Å². The van der Waals surface area contributed by atoms with E-state index in [0.717, 1.165) is 50.2 Å². The molecule has 1 aromatic heterocycles. The Morgan fingerprint density at radius 1 is 1.23 bits per heavy atom. The highest BCUT2D eigenvalue weighted by Gasteiger charge is 2.22. The molecule has 2 aromatic rings. The van der Waals surface area contributed by atoms with Gasteiger partial charge in [-0.3, -0.25) is 4.79 Å². The summed E-state index contributed by atoms with van der Waals surface area (Å²) in [4.78, 5) is 19.7. The summed E-state index contributed by atoms with van der Waals surface area (Å²) in [6.07, 6.45) is 5.52. The molecule has 26 heavy (non-hydrogen) atoms. The Kier molecular flexibility index (Phi) is 5.07. The van der Waals surface area contributed by atoms with Gasteiger partial charge in [-0.2, -0.15) is 0 Å². The molecule has 4 rings (SSSR count). The number of amides is 1. The number of nitrogens with one attached hydrogen (secondary N) is 2. The van der Waals surface area contributed by atoms with Crippen LogP contribution in [-0.2, 0) is 11.3 Å². The van der Waals surface area contributed by atoms with E-state index < -0.39 is 0 Å². The number of carbonyl (C=O) groups is 1. The molecule has 2 aliphatic rings. The molecule has 5 nitrogen and oxygen atoms in total. The highest BCUT2D eigenvalue weighted by Crippen LogP contribution is 2.28. The number of hydrogen-bond donors (Lipinski definition) is 2. The van der Waals surface area contributed by atoms with Crippen LogP contribution in [0.15, 0.2) is 24.3 Å². The van der Waals surface area contributed by atoms with E-state index in [4.69, 9.17) is 4.98 Å². The summed E-state index contributed by atoms with van der Waals surface area (Å²) in [6.45, 7) is 5.74. The average Bonchev–Trinajstić information content (AvgIpc) is 3.10. The lowest BCUT2D eigenvalue weighted by molar-refractivity contribution is -0.122. The van der Waals surface area contributed by atoms with Gasteiger partial charge in [-0.05, 0) is 50.7 Å². The molecule has 0 spiro atoms. The maximum Gasteiger partial charge on any atom is 0.237 e. The smallest absolute Gasteiger partial charge is 0.237 e. The number of fused-ring (bicyclic) bond motifs is 1. The zero-order valence-corrected chi connectivity index (χ0v) is 15.6. The molecule has 138 valence electrons. The third kappa shape index (κ3) is 3.54. The normalized spacial score (nSPS) is 21.0. The summed E-state index contributed by atoms with van der Waals surface area (Å²) in [5.74, 6) is 1.22. The van der Waals surface area contributed by atoms with E-state index in [9.17, 15) is 4.79 Å². The van der Waals surface area contributed by atoms with Crippen molar-refractivity contribution in [1.82, 2.24) is 15.6 Å². The van der Waals surface area contributed by atoms with Gasteiger partial charge in [0.1, 0.15) is 5.82 Å². The number of nitrogens with zero attached hydrogens (tertiary/aromatic N) is 2. The number of carbonyl (C=O) groups excluding carboxylic acids is 1. The van der Waals surface area contributed by atoms with E-state index in [2.05, 4.69) is 46.7 Å². The van der Waals surface area contributed by atoms with Gasteiger partial charge in [-0.25, -0.2) is 4.98 Å². The van der Waals surface area contributed by atoms with Crippen molar-refractivity contribution in [3.05, 3.63) is 35.4 Å². The summed E-state index contributed by atoms with van der Waals surface area (Å²) >= 11 is 0. The standard InChI is InChI=1S/C21H28N4O/c1-15-7-6-8-16-13-17(14-23-18-9-2-3-10-22-21(18)26)20(24-19(15)16)25-11-4-5-12-25/h6-8,13,18,23H,2-5,9-12,14H2,1H3,(H,22,26)/t18-/m0/s1. The molecule has 0 aliphatic carbocycles. The highest BCUT2D eigenvalue weighted by atomic mass is 16.2. The maximum atomic E-state index is 12.2. The van der Waals surface area contributed by atoms with Crippen molar-refractivity contribution in [2.24, 2.45) is 0 Å². The van der Waals surface area contributed by atoms with E-state index in [1.165, 1.54) is 29.4 Å². The van der Waals surface area contributed by atoms with E-state index >= 15 is 0 Å². The Morgan fingerprint density at radius 3 is 2.92 bits per heavy atom. The number of benzene rings is 1. The van der Waals surface area contributed by atoms with Crippen LogP contribution >= 0.6 is 0 Å². The zero-order chi connectivity index (χ0) is 17.9. The fourth-order valence-corrected chi connectivity index (χ4v) is 4.08. The lowest BCUT2D eigenvalue weighted by Gasteiger charge is -2.23. The van der Waals surface area contributed by atoms with Crippen LogP contribution in [0.4, 0.5) is 5.82 Å². The van der Waals surface area contributed by atoms with Gasteiger partial charge in [0.25, 0.3) is 0 Å². The summed E-state index contributed by atoms with van der Waals surface area (Å²) in [7, 11) is 0. The molecular weight excluding hydrogens is 324 g/mol. The van der Waals surface area contributed by atoms with E-state index in [1.807, 2.05) is 0 Å². The minimum Gasteiger partial charge on any atom is -0.356 e. The largest absolute Gasteiger partial charge is 0.356 e. The molecule has 5 heteroatoms. The predicted molar refractivity (Wildman–Crippen MR) is 105 cm³/mol. The van der Waals surface area contributed by atoms with Gasteiger partial charge in [-0.15, -0.1) is 0 Å². The van der Waals surface area contributed by atoms with Gasteiger partial charge in [-0.1, -0.05) is 18.2 Å². The number of anilines is 1. The van der Waals surface area contributed by atoms with Crippen LogP contribution in [0, 0.1) is 6.92 Å². The van der Waals surface area contributed by atoms with Crippen molar-refractivity contribution in [1.29, 1.82) is 0 Å². The maximum absolute atomic E-state index is 12.2. The molecule has 3 heterocycles. The second-order valence-electron chi connectivity index (χ2n) is 7.53. The van der Waals surface area contributed by atoms with Gasteiger partial charge < -0.3 is 15.5 Å². The summed E-state index contributed by atoms with van der Waals surface area (Å²) in [6, 6.07) is 8.49. The SMILES string of the molecule is Cc1cccc2cc(CN[C@H]3CCCCNC3=O)c(N3CCCC3)nc12. The van der Waals surface area contributed by atoms with E-state index in [0.29, 0.717) is 6.54 Å². The molecule has 2 aliphatic heterocycles. The second-order valence-corrected chi connectivity index (χ2v) is 7.53. The van der Waals surface area contributed by atoms with E-state index in [1.54, 1.807) is 0 Å². The van der Waals surface area contributed by atoms with E-state index in [-0.39, 0.29) is 11.9 Å². The number of para-hydroxylation sites is 1. The van der Waals surface area contributed by atoms with Crippen LogP contribution in [0.25, 0.3) is 10.9 Å². The van der Waals surface area contributed by atoms with Gasteiger partial charge in [0.2, 0.25) is 5.91 Å². The first kappa shape index (κ1) is 17.3. The molecule has 1 atom stereocenters. The molecular formula is C21H28N4O. The molecule has 0 saturated carbocycles. The lowest BCUT2D eigenvalue weighted by Crippen LogP contribution is -2.42. The Hall–Kier alpha value is -2.14. The highest BCUT2D eigenvalue weighted by molar-refractivity contribution is 5.85. The predicted octanol–water partition coefficient (Wildman–Crippen LogP) is 2.90. The number of aromatic nitrogens is 1. The van der Waals surface area contributed by atoms with Crippen LogP contribution in [0.3, 0.4) is 0 Å². The van der Waals surface area contributed by atoms with Gasteiger partial charge in [0.05, 0.1) is 11.6 Å². The number of aryl methyl sites for hydroxylation is 1. The molecule has 2 N–H and O–H groups in total. The topological polar surface area (TPSA) is 57.3 Å². The number of pyridine rings is 1. The number of rotatable bonds is 4. The Labute approximate surface area is 155 Å². The van der Waals surface area contributed by atoms with Crippen molar-refractivity contribution < 1.29 is 4.79 Å². The Morgan fingerprint density at radius 2 is 2.08 bits per heavy atom. The lowest BCUT2D eigenvalue weighted by atomic mass is 10.1. The molecule has 0 radical (unpaired) electrons. The van der Waals surface area contributed by atoms with Crippen LogP contribution in [0.1, 0.15) is 43.2 Å². The van der Waals surface area contributed by atoms with Crippen LogP contribution in [0.5, 0.6) is 0 Å². The molecule has 0 bridgehead atoms. The summed E-state index contributed by atoms with van der Waals surface area (Å²) in [5, 5.41) is 7.68. The molecule has 1 aromatic carbocycles. The fourth-order valence-electron chi connectivity index (χ4n) is 4.08. The molecule has 2 saturated heterocycles. The Bertz CT molecular complexity index is 798. The minimum atomic E-state index is -0.0999. The molecule has 1 amide bonds. The van der Waals surface area contributed by atoms with Gasteiger partial charge in [0.15, 0.2) is 0 Å². The zero-order valence-electron chi connectivity index (χ0n) is 15.6. The summed E-state index contributed by atoms with van der Waals surface area (Å²) < 4.78 is 0. The summed E-state index contributed by atoms with van der Waals surface area (Å²) in [5.41, 5.74) is 3.50. The van der Waals surface area contributed by atoms with Gasteiger partial charge in [0, 0.05) is 37.1 Å². The first-order valence-corrected chi connectivity index (χ1v) is 9.88. The van der Waals surface area contributed by atoms with Crippen LogP contribution in [0.2, 0.25) is 0 Å². The van der Waals surface area contributed by atoms with Crippen molar-refractivity contribution in [3.8, 4) is 0 Å². The van der Waals surface area contributed by atoms with Crippen molar-refractivity contribution in [3.63, 3.8) is 0 Å². The molecule has 2 fully saturated rings. The van der Waals surface area contributed by atoms with Crippen molar-refractivity contribution >= 4 is 22.6 Å². The third-order valence-electron chi connectivity index (χ3n) is 5.58. The first-order valence-electron chi connectivity index (χ1n) is 9.88. The number of hydrogen-bond acceptors (Lipinski definition) is 4. The monoisotopic (exact) mass is 352 g/mol. The Balaban J connectivity index is 1.63.